The Morgan fingerprint density at radius 3 is 1.25 bits per heavy atom. The molecule has 6 nitrogen and oxygen atoms in total. The fourth-order valence-corrected chi connectivity index (χ4v) is 9.34. The van der Waals surface area contributed by atoms with Crippen molar-refractivity contribution in [1.29, 1.82) is 0 Å². The van der Waals surface area contributed by atoms with Crippen LogP contribution in [0.3, 0.4) is 0 Å². The zero-order chi connectivity index (χ0) is 39.9. The van der Waals surface area contributed by atoms with Crippen LogP contribution in [0.2, 0.25) is 0 Å². The van der Waals surface area contributed by atoms with Gasteiger partial charge in [0.2, 0.25) is 0 Å². The molecule has 4 aliphatic heterocycles. The summed E-state index contributed by atoms with van der Waals surface area (Å²) in [4.78, 5) is 14.7. The van der Waals surface area contributed by atoms with E-state index in [-0.39, 0.29) is 17.8 Å². The molecule has 59 heavy (non-hydrogen) atoms. The van der Waals surface area contributed by atoms with Gasteiger partial charge in [-0.1, -0.05) is 115 Å². The summed E-state index contributed by atoms with van der Waals surface area (Å²) in [6.07, 6.45) is 0. The summed E-state index contributed by atoms with van der Waals surface area (Å²) in [6.45, 7) is 10.5. The van der Waals surface area contributed by atoms with Crippen LogP contribution < -0.4 is 35.7 Å². The standard InChI is InChI=1S/C52H43BN4O2/c1-51(2)32-54-49(36-12-7-5-8-13-36)56(51)40-24-18-34(19-25-40)38-22-28-42-46(30-38)58-44-16-11-17-45-48(44)53(42)43-29-23-39(31-47(43)59-45)35-20-26-41(27-21-35)57-50(55-33-52(57,3)4)37-14-9-6-10-15-37/h5-31H,32-33H2,1-4H3. The lowest BCUT2D eigenvalue weighted by Crippen LogP contribution is -2.57. The third kappa shape index (κ3) is 5.86. The van der Waals surface area contributed by atoms with Gasteiger partial charge in [0.15, 0.2) is 0 Å². The van der Waals surface area contributed by atoms with Crippen molar-refractivity contribution >= 4 is 46.1 Å². The Balaban J connectivity index is 0.893. The number of fused-ring (bicyclic) bond motifs is 4. The van der Waals surface area contributed by atoms with Crippen LogP contribution in [0.25, 0.3) is 22.3 Å². The van der Waals surface area contributed by atoms with Gasteiger partial charge in [-0.15, -0.1) is 0 Å². The highest BCUT2D eigenvalue weighted by Crippen LogP contribution is 2.39. The van der Waals surface area contributed by atoms with E-state index in [0.29, 0.717) is 0 Å². The van der Waals surface area contributed by atoms with Gasteiger partial charge < -0.3 is 19.3 Å². The van der Waals surface area contributed by atoms with Crippen LogP contribution in [0.1, 0.15) is 38.8 Å². The van der Waals surface area contributed by atoms with Crippen LogP contribution >= 0.6 is 0 Å². The third-order valence-corrected chi connectivity index (χ3v) is 12.3. The number of rotatable bonds is 6. The van der Waals surface area contributed by atoms with Gasteiger partial charge in [-0.05, 0) is 109 Å². The quantitative estimate of drug-likeness (QED) is 0.158. The maximum Gasteiger partial charge on any atom is 0.260 e. The topological polar surface area (TPSA) is 49.7 Å². The van der Waals surface area contributed by atoms with Crippen LogP contribution in [0.5, 0.6) is 23.0 Å². The molecule has 0 amide bonds. The number of ether oxygens (including phenoxy) is 2. The molecule has 7 aromatic carbocycles. The number of anilines is 2. The lowest BCUT2D eigenvalue weighted by Gasteiger charge is -2.34. The van der Waals surface area contributed by atoms with E-state index in [1.54, 1.807) is 0 Å². The average Bonchev–Trinajstić information content (AvgIpc) is 3.77. The number of nitrogens with zero attached hydrogens (tertiary/aromatic N) is 4. The molecular formula is C52H43BN4O2. The summed E-state index contributed by atoms with van der Waals surface area (Å²) in [6, 6.07) is 58.1. The molecule has 0 bridgehead atoms. The van der Waals surface area contributed by atoms with E-state index in [2.05, 4.69) is 183 Å². The molecule has 0 aliphatic carbocycles. The SMILES string of the molecule is CC1(C)CN=C(c2ccccc2)N1c1ccc(-c2ccc3c(c2)Oc2cccc4c2B3c2ccc(-c3ccc(N5C(c6ccccc6)=NCC5(C)C)cc3)cc2O4)cc1. The highest BCUT2D eigenvalue weighted by Gasteiger charge is 2.41. The van der Waals surface area contributed by atoms with E-state index in [0.717, 1.165) is 109 Å². The van der Waals surface area contributed by atoms with Crippen LogP contribution in [0.15, 0.2) is 174 Å². The molecule has 0 saturated heterocycles. The van der Waals surface area contributed by atoms with Gasteiger partial charge in [-0.2, -0.15) is 0 Å². The molecule has 0 aromatic heterocycles. The second kappa shape index (κ2) is 13.4. The van der Waals surface area contributed by atoms with Gasteiger partial charge in [0.05, 0.1) is 24.2 Å². The second-order valence-corrected chi connectivity index (χ2v) is 17.2. The molecule has 4 heterocycles. The summed E-state index contributed by atoms with van der Waals surface area (Å²) < 4.78 is 13.4. The fraction of sp³-hybridized carbons (Fsp3) is 0.154. The largest absolute Gasteiger partial charge is 0.458 e. The van der Waals surface area contributed by atoms with Crippen molar-refractivity contribution in [2.75, 3.05) is 22.9 Å². The van der Waals surface area contributed by atoms with Crippen LogP contribution in [-0.2, 0) is 0 Å². The van der Waals surface area contributed by atoms with E-state index in [9.17, 15) is 0 Å². The Hall–Kier alpha value is -6.86. The number of aliphatic imine (C=N–C) groups is 2. The van der Waals surface area contributed by atoms with E-state index in [1.807, 2.05) is 18.2 Å². The fourth-order valence-electron chi connectivity index (χ4n) is 9.34. The molecular weight excluding hydrogens is 723 g/mol. The lowest BCUT2D eigenvalue weighted by atomic mass is 9.35. The molecule has 11 rings (SSSR count). The lowest BCUT2D eigenvalue weighted by molar-refractivity contribution is 0.464. The van der Waals surface area contributed by atoms with Gasteiger partial charge in [0.1, 0.15) is 34.7 Å². The van der Waals surface area contributed by atoms with Crippen molar-refractivity contribution in [3.8, 4) is 45.3 Å². The van der Waals surface area contributed by atoms with E-state index >= 15 is 0 Å². The normalized spacial score (nSPS) is 16.6. The molecule has 0 unspecified atom stereocenters. The molecule has 0 N–H and O–H groups in total. The summed E-state index contributed by atoms with van der Waals surface area (Å²) in [5.74, 6) is 5.45. The summed E-state index contributed by atoms with van der Waals surface area (Å²) in [5.41, 5.74) is 12.1. The highest BCUT2D eigenvalue weighted by molar-refractivity contribution is 6.98. The van der Waals surface area contributed by atoms with Crippen LogP contribution in [0, 0.1) is 0 Å². The monoisotopic (exact) mass is 766 g/mol. The van der Waals surface area contributed by atoms with Crippen molar-refractivity contribution < 1.29 is 9.47 Å². The Bertz CT molecular complexity index is 2640. The van der Waals surface area contributed by atoms with Crippen molar-refractivity contribution in [2.45, 2.75) is 38.8 Å². The summed E-state index contributed by atoms with van der Waals surface area (Å²) >= 11 is 0. The van der Waals surface area contributed by atoms with Crippen LogP contribution in [0.4, 0.5) is 11.4 Å². The Morgan fingerprint density at radius 1 is 0.424 bits per heavy atom. The first kappa shape index (κ1) is 35.3. The molecule has 7 heteroatoms. The number of benzene rings is 7. The van der Waals surface area contributed by atoms with Crippen molar-refractivity contribution in [3.05, 3.63) is 175 Å². The number of hydrogen-bond donors (Lipinski definition) is 0. The maximum absolute atomic E-state index is 6.68. The predicted octanol–water partition coefficient (Wildman–Crippen LogP) is 9.84. The van der Waals surface area contributed by atoms with Gasteiger partial charge in [-0.3, -0.25) is 9.98 Å². The van der Waals surface area contributed by atoms with Crippen molar-refractivity contribution in [3.63, 3.8) is 0 Å². The highest BCUT2D eigenvalue weighted by atomic mass is 16.5. The first-order valence-corrected chi connectivity index (χ1v) is 20.5. The Labute approximate surface area is 346 Å². The molecule has 0 radical (unpaired) electrons. The molecule has 7 aromatic rings. The maximum atomic E-state index is 6.68. The smallest absolute Gasteiger partial charge is 0.260 e. The minimum absolute atomic E-state index is 0.0114. The Kier molecular flexibility index (Phi) is 7.99. The molecule has 4 aliphatic rings. The van der Waals surface area contributed by atoms with Gasteiger partial charge in [0.25, 0.3) is 6.71 Å². The zero-order valence-corrected chi connectivity index (χ0v) is 33.7. The predicted molar refractivity (Wildman–Crippen MR) is 244 cm³/mol. The third-order valence-electron chi connectivity index (χ3n) is 12.3. The zero-order valence-electron chi connectivity index (χ0n) is 33.7. The molecule has 0 saturated carbocycles. The van der Waals surface area contributed by atoms with E-state index < -0.39 is 0 Å². The van der Waals surface area contributed by atoms with Crippen LogP contribution in [-0.4, -0.2) is 42.6 Å². The average molecular weight is 767 g/mol. The molecule has 0 atom stereocenters. The summed E-state index contributed by atoms with van der Waals surface area (Å²) in [7, 11) is 0. The van der Waals surface area contributed by atoms with Gasteiger partial charge in [0, 0.05) is 28.0 Å². The van der Waals surface area contributed by atoms with E-state index in [1.165, 1.54) is 0 Å². The molecule has 286 valence electrons. The Morgan fingerprint density at radius 2 is 0.831 bits per heavy atom. The van der Waals surface area contributed by atoms with Gasteiger partial charge >= 0.3 is 0 Å². The van der Waals surface area contributed by atoms with Gasteiger partial charge in [-0.25, -0.2) is 0 Å². The number of hydrogen-bond acceptors (Lipinski definition) is 6. The second-order valence-electron chi connectivity index (χ2n) is 17.2. The molecule has 0 fully saturated rings. The van der Waals surface area contributed by atoms with E-state index in [4.69, 9.17) is 19.5 Å². The molecule has 0 spiro atoms. The minimum Gasteiger partial charge on any atom is -0.458 e. The first-order valence-electron chi connectivity index (χ1n) is 20.5. The minimum atomic E-state index is -0.127. The van der Waals surface area contributed by atoms with Crippen molar-refractivity contribution in [2.24, 2.45) is 9.98 Å². The van der Waals surface area contributed by atoms with Crippen molar-refractivity contribution in [1.82, 2.24) is 0 Å². The summed E-state index contributed by atoms with van der Waals surface area (Å²) in [5, 5.41) is 0. The number of amidine groups is 2. The first-order chi connectivity index (χ1) is 28.7.